The standard InChI is InChI=1S/C19H26ClF3N4/c1-6-12-9-15(25-18(4,5)11-19(21,22)23)24-10-13(12)17-16(20)14(7-2)26-27(17)8-3/h9-10H,6-8,11H2,1-5H3,(H,24,25). The zero-order valence-electron chi connectivity index (χ0n) is 16.3. The van der Waals surface area contributed by atoms with E-state index >= 15 is 0 Å². The predicted octanol–water partition coefficient (Wildman–Crippen LogP) is 5.89. The molecule has 0 aliphatic rings. The Morgan fingerprint density at radius 2 is 1.81 bits per heavy atom. The number of hydrogen-bond acceptors (Lipinski definition) is 3. The highest BCUT2D eigenvalue weighted by molar-refractivity contribution is 6.33. The van der Waals surface area contributed by atoms with Crippen LogP contribution in [0.1, 0.15) is 52.3 Å². The number of rotatable bonds is 7. The van der Waals surface area contributed by atoms with Crippen molar-refractivity contribution in [3.8, 4) is 11.3 Å². The summed E-state index contributed by atoms with van der Waals surface area (Å²) in [6, 6.07) is 1.79. The van der Waals surface area contributed by atoms with Crippen molar-refractivity contribution in [3.05, 3.63) is 28.5 Å². The van der Waals surface area contributed by atoms with Gasteiger partial charge in [0.2, 0.25) is 0 Å². The van der Waals surface area contributed by atoms with Crippen molar-refractivity contribution < 1.29 is 13.2 Å². The summed E-state index contributed by atoms with van der Waals surface area (Å²) in [5, 5.41) is 8.04. The fourth-order valence-corrected chi connectivity index (χ4v) is 3.54. The maximum absolute atomic E-state index is 12.8. The van der Waals surface area contributed by atoms with Gasteiger partial charge in [0.15, 0.2) is 0 Å². The van der Waals surface area contributed by atoms with Gasteiger partial charge in [-0.1, -0.05) is 25.4 Å². The molecule has 0 unspecified atom stereocenters. The lowest BCUT2D eigenvalue weighted by molar-refractivity contribution is -0.142. The molecule has 2 rings (SSSR count). The number of aromatic nitrogens is 3. The molecule has 2 aromatic rings. The van der Waals surface area contributed by atoms with E-state index in [9.17, 15) is 13.2 Å². The highest BCUT2D eigenvalue weighted by atomic mass is 35.5. The number of pyridine rings is 1. The molecule has 4 nitrogen and oxygen atoms in total. The number of aryl methyl sites for hydroxylation is 3. The summed E-state index contributed by atoms with van der Waals surface area (Å²) in [7, 11) is 0. The van der Waals surface area contributed by atoms with Crippen LogP contribution in [0.2, 0.25) is 5.02 Å². The van der Waals surface area contributed by atoms with Gasteiger partial charge in [0.1, 0.15) is 5.82 Å². The maximum atomic E-state index is 12.8. The lowest BCUT2D eigenvalue weighted by Gasteiger charge is -2.28. The fraction of sp³-hybridized carbons (Fsp3) is 0.579. The Hall–Kier alpha value is -1.76. The third kappa shape index (κ3) is 5.15. The van der Waals surface area contributed by atoms with E-state index in [2.05, 4.69) is 15.4 Å². The largest absolute Gasteiger partial charge is 0.391 e. The lowest BCUT2D eigenvalue weighted by atomic mass is 9.99. The maximum Gasteiger partial charge on any atom is 0.391 e. The summed E-state index contributed by atoms with van der Waals surface area (Å²) < 4.78 is 40.1. The second-order valence-corrected chi connectivity index (χ2v) is 7.54. The van der Waals surface area contributed by atoms with E-state index in [0.717, 1.165) is 28.9 Å². The fourth-order valence-electron chi connectivity index (χ4n) is 3.16. The summed E-state index contributed by atoms with van der Waals surface area (Å²) in [6.45, 7) is 9.66. The Balaban J connectivity index is 2.42. The Labute approximate surface area is 163 Å². The number of nitrogens with zero attached hydrogens (tertiary/aromatic N) is 3. The van der Waals surface area contributed by atoms with Gasteiger partial charge in [0.05, 0.1) is 22.8 Å². The minimum atomic E-state index is -4.25. The summed E-state index contributed by atoms with van der Waals surface area (Å²) >= 11 is 6.54. The molecule has 0 bridgehead atoms. The van der Waals surface area contributed by atoms with E-state index < -0.39 is 18.1 Å². The highest BCUT2D eigenvalue weighted by Gasteiger charge is 2.36. The molecule has 0 aliphatic heterocycles. The van der Waals surface area contributed by atoms with Crippen molar-refractivity contribution in [3.63, 3.8) is 0 Å². The Kier molecular flexibility index (Phi) is 6.45. The van der Waals surface area contributed by atoms with E-state index in [1.54, 1.807) is 12.3 Å². The summed E-state index contributed by atoms with van der Waals surface area (Å²) in [5.41, 5.74) is 2.28. The van der Waals surface area contributed by atoms with Crippen LogP contribution in [0.4, 0.5) is 19.0 Å². The first-order valence-electron chi connectivity index (χ1n) is 9.10. The third-order valence-electron chi connectivity index (χ3n) is 4.33. The molecule has 0 atom stereocenters. The van der Waals surface area contributed by atoms with Gasteiger partial charge in [-0.3, -0.25) is 4.68 Å². The van der Waals surface area contributed by atoms with E-state index in [1.807, 2.05) is 25.5 Å². The van der Waals surface area contributed by atoms with Crippen molar-refractivity contribution in [1.29, 1.82) is 0 Å². The van der Waals surface area contributed by atoms with Gasteiger partial charge < -0.3 is 5.32 Å². The first kappa shape index (κ1) is 21.5. The summed E-state index contributed by atoms with van der Waals surface area (Å²) in [4.78, 5) is 4.35. The van der Waals surface area contributed by atoms with Crippen molar-refractivity contribution in [2.75, 3.05) is 5.32 Å². The van der Waals surface area contributed by atoms with Crippen LogP contribution in [0.25, 0.3) is 11.3 Å². The zero-order chi connectivity index (χ0) is 20.4. The van der Waals surface area contributed by atoms with Crippen LogP contribution in [-0.2, 0) is 19.4 Å². The van der Waals surface area contributed by atoms with E-state index in [0.29, 0.717) is 23.8 Å². The van der Waals surface area contributed by atoms with Gasteiger partial charge in [0.25, 0.3) is 0 Å². The van der Waals surface area contributed by atoms with E-state index in [4.69, 9.17) is 11.6 Å². The van der Waals surface area contributed by atoms with Gasteiger partial charge >= 0.3 is 6.18 Å². The Morgan fingerprint density at radius 1 is 1.15 bits per heavy atom. The van der Waals surface area contributed by atoms with Gasteiger partial charge in [0, 0.05) is 23.8 Å². The topological polar surface area (TPSA) is 42.7 Å². The quantitative estimate of drug-likeness (QED) is 0.628. The molecule has 0 amide bonds. The number of halogens is 4. The van der Waals surface area contributed by atoms with Crippen LogP contribution in [0, 0.1) is 0 Å². The Morgan fingerprint density at radius 3 is 2.33 bits per heavy atom. The molecule has 8 heteroatoms. The smallest absolute Gasteiger partial charge is 0.365 e. The minimum absolute atomic E-state index is 0.416. The zero-order valence-corrected chi connectivity index (χ0v) is 17.1. The molecule has 150 valence electrons. The molecule has 0 aliphatic carbocycles. The van der Waals surface area contributed by atoms with Crippen LogP contribution < -0.4 is 5.32 Å². The predicted molar refractivity (Wildman–Crippen MR) is 103 cm³/mol. The Bertz CT molecular complexity index is 797. The van der Waals surface area contributed by atoms with Crippen LogP contribution in [0.15, 0.2) is 12.3 Å². The van der Waals surface area contributed by atoms with Crippen LogP contribution in [-0.4, -0.2) is 26.5 Å². The summed E-state index contributed by atoms with van der Waals surface area (Å²) in [6.07, 6.45) is -2.11. The molecular weight excluding hydrogens is 377 g/mol. The van der Waals surface area contributed by atoms with E-state index in [1.165, 1.54) is 13.8 Å². The molecule has 2 aromatic heterocycles. The van der Waals surface area contributed by atoms with Gasteiger partial charge in [-0.2, -0.15) is 18.3 Å². The van der Waals surface area contributed by atoms with Gasteiger partial charge in [-0.15, -0.1) is 0 Å². The molecule has 0 saturated heterocycles. The second kappa shape index (κ2) is 8.09. The van der Waals surface area contributed by atoms with Crippen LogP contribution in [0.5, 0.6) is 0 Å². The van der Waals surface area contributed by atoms with Crippen LogP contribution >= 0.6 is 11.6 Å². The van der Waals surface area contributed by atoms with E-state index in [-0.39, 0.29) is 0 Å². The molecule has 0 aromatic carbocycles. The molecule has 0 radical (unpaired) electrons. The van der Waals surface area contributed by atoms with Gasteiger partial charge in [-0.25, -0.2) is 4.98 Å². The molecule has 0 spiro atoms. The molecule has 0 saturated carbocycles. The SMILES string of the molecule is CCc1cc(NC(C)(C)CC(F)(F)F)ncc1-c1c(Cl)c(CC)nn1CC. The first-order valence-corrected chi connectivity index (χ1v) is 9.48. The second-order valence-electron chi connectivity index (χ2n) is 7.16. The normalized spacial score (nSPS) is 12.5. The number of anilines is 1. The number of hydrogen-bond donors (Lipinski definition) is 1. The summed E-state index contributed by atoms with van der Waals surface area (Å²) in [5.74, 6) is 0.416. The van der Waals surface area contributed by atoms with Crippen LogP contribution in [0.3, 0.4) is 0 Å². The number of nitrogens with one attached hydrogen (secondary N) is 1. The lowest BCUT2D eigenvalue weighted by Crippen LogP contribution is -2.36. The van der Waals surface area contributed by atoms with Crippen molar-refractivity contribution in [2.45, 2.75) is 72.1 Å². The molecule has 0 fully saturated rings. The minimum Gasteiger partial charge on any atom is -0.365 e. The molecule has 27 heavy (non-hydrogen) atoms. The van der Waals surface area contributed by atoms with Gasteiger partial charge in [-0.05, 0) is 45.2 Å². The average Bonchev–Trinajstić information content (AvgIpc) is 2.87. The van der Waals surface area contributed by atoms with Crippen molar-refractivity contribution in [1.82, 2.24) is 14.8 Å². The molecule has 1 N–H and O–H groups in total. The molecule has 2 heterocycles. The molecular formula is C19H26ClF3N4. The van der Waals surface area contributed by atoms with Crippen molar-refractivity contribution in [2.24, 2.45) is 0 Å². The number of alkyl halides is 3. The highest BCUT2D eigenvalue weighted by Crippen LogP contribution is 2.35. The van der Waals surface area contributed by atoms with Crippen molar-refractivity contribution >= 4 is 17.4 Å². The first-order chi connectivity index (χ1) is 12.5. The average molecular weight is 403 g/mol. The monoisotopic (exact) mass is 402 g/mol. The third-order valence-corrected chi connectivity index (χ3v) is 4.73.